The maximum absolute atomic E-state index is 12.3. The molecule has 1 aromatic carbocycles. The minimum absolute atomic E-state index is 0.202. The van der Waals surface area contributed by atoms with Gasteiger partial charge in [0.15, 0.2) is 0 Å². The molecular weight excluding hydrogens is 262 g/mol. The van der Waals surface area contributed by atoms with Gasteiger partial charge in [0.05, 0.1) is 5.69 Å². The molecule has 5 nitrogen and oxygen atoms in total. The van der Waals surface area contributed by atoms with Gasteiger partial charge in [-0.25, -0.2) is 8.42 Å². The van der Waals surface area contributed by atoms with E-state index >= 15 is 0 Å². The number of hydrogen-bond donors (Lipinski definition) is 1. The zero-order chi connectivity index (χ0) is 14.2. The highest BCUT2D eigenvalue weighted by Gasteiger charge is 2.19. The first-order valence-electron chi connectivity index (χ1n) is 5.90. The lowest BCUT2D eigenvalue weighted by Crippen LogP contribution is -2.13. The molecule has 0 bridgehead atoms. The number of nitrogens with zero attached hydrogens (tertiary/aromatic N) is 2. The summed E-state index contributed by atoms with van der Waals surface area (Å²) in [6, 6.07) is 5.47. The van der Waals surface area contributed by atoms with Gasteiger partial charge in [0, 0.05) is 18.9 Å². The van der Waals surface area contributed by atoms with Gasteiger partial charge in [-0.3, -0.25) is 9.40 Å². The highest BCUT2D eigenvalue weighted by molar-refractivity contribution is 7.92. The Kier molecular flexibility index (Phi) is 3.36. The van der Waals surface area contributed by atoms with Gasteiger partial charge in [0.1, 0.15) is 4.90 Å². The summed E-state index contributed by atoms with van der Waals surface area (Å²) in [6.45, 7) is 5.61. The van der Waals surface area contributed by atoms with Crippen molar-refractivity contribution in [3.05, 3.63) is 41.2 Å². The number of rotatable bonds is 3. The Morgan fingerprint density at radius 3 is 2.37 bits per heavy atom. The molecule has 0 radical (unpaired) electrons. The Bertz CT molecular complexity index is 717. The summed E-state index contributed by atoms with van der Waals surface area (Å²) in [5.41, 5.74) is 3.22. The third-order valence-corrected chi connectivity index (χ3v) is 4.50. The van der Waals surface area contributed by atoms with Gasteiger partial charge in [-0.1, -0.05) is 6.07 Å². The van der Waals surface area contributed by atoms with Gasteiger partial charge in [-0.15, -0.1) is 0 Å². The van der Waals surface area contributed by atoms with E-state index in [1.807, 2.05) is 26.0 Å². The van der Waals surface area contributed by atoms with E-state index in [0.717, 1.165) is 11.1 Å². The molecule has 1 aromatic heterocycles. The van der Waals surface area contributed by atoms with E-state index in [-0.39, 0.29) is 4.90 Å². The smallest absolute Gasteiger partial charge is 0.265 e. The lowest BCUT2D eigenvalue weighted by atomic mass is 10.1. The number of nitrogens with one attached hydrogen (secondary N) is 1. The molecule has 0 saturated carbocycles. The van der Waals surface area contributed by atoms with Gasteiger partial charge in [-0.2, -0.15) is 5.10 Å². The highest BCUT2D eigenvalue weighted by atomic mass is 32.2. The van der Waals surface area contributed by atoms with Gasteiger partial charge < -0.3 is 0 Å². The van der Waals surface area contributed by atoms with E-state index in [9.17, 15) is 8.42 Å². The normalized spacial score (nSPS) is 11.6. The van der Waals surface area contributed by atoms with Crippen LogP contribution >= 0.6 is 0 Å². The molecule has 0 aliphatic heterocycles. The van der Waals surface area contributed by atoms with E-state index < -0.39 is 10.0 Å². The highest BCUT2D eigenvalue weighted by Crippen LogP contribution is 2.20. The fourth-order valence-corrected chi connectivity index (χ4v) is 3.13. The molecule has 0 aliphatic carbocycles. The molecule has 0 spiro atoms. The molecule has 19 heavy (non-hydrogen) atoms. The SMILES string of the molecule is Cc1ccc(NS(=O)(=O)c2cn(C)nc2C)cc1C. The van der Waals surface area contributed by atoms with Gasteiger partial charge >= 0.3 is 0 Å². The number of hydrogen-bond acceptors (Lipinski definition) is 3. The largest absolute Gasteiger partial charge is 0.280 e. The average molecular weight is 279 g/mol. The van der Waals surface area contributed by atoms with Crippen molar-refractivity contribution < 1.29 is 8.42 Å². The number of benzene rings is 1. The number of aromatic nitrogens is 2. The summed E-state index contributed by atoms with van der Waals surface area (Å²) in [4.78, 5) is 0.202. The molecule has 0 atom stereocenters. The molecule has 0 fully saturated rings. The lowest BCUT2D eigenvalue weighted by molar-refractivity contribution is 0.600. The van der Waals surface area contributed by atoms with Crippen LogP contribution in [0, 0.1) is 20.8 Å². The summed E-state index contributed by atoms with van der Waals surface area (Å²) in [5, 5.41) is 4.05. The third-order valence-electron chi connectivity index (χ3n) is 3.02. The van der Waals surface area contributed by atoms with E-state index in [0.29, 0.717) is 11.4 Å². The van der Waals surface area contributed by atoms with Crippen LogP contribution < -0.4 is 4.72 Å². The minimum Gasteiger partial charge on any atom is -0.280 e. The maximum Gasteiger partial charge on any atom is 0.265 e. The summed E-state index contributed by atoms with van der Waals surface area (Å²) >= 11 is 0. The zero-order valence-electron chi connectivity index (χ0n) is 11.4. The Labute approximate surface area is 113 Å². The minimum atomic E-state index is -3.59. The van der Waals surface area contributed by atoms with Gasteiger partial charge in [0.25, 0.3) is 10.0 Å². The molecule has 0 amide bonds. The van der Waals surface area contributed by atoms with Crippen molar-refractivity contribution in [1.82, 2.24) is 9.78 Å². The molecule has 0 saturated heterocycles. The van der Waals surface area contributed by atoms with E-state index in [1.165, 1.54) is 10.9 Å². The molecule has 6 heteroatoms. The first kappa shape index (κ1) is 13.6. The molecule has 0 aliphatic rings. The average Bonchev–Trinajstić information content (AvgIpc) is 2.63. The van der Waals surface area contributed by atoms with Crippen molar-refractivity contribution in [2.24, 2.45) is 7.05 Å². The van der Waals surface area contributed by atoms with Crippen LogP contribution in [0.15, 0.2) is 29.3 Å². The topological polar surface area (TPSA) is 64.0 Å². The summed E-state index contributed by atoms with van der Waals surface area (Å²) in [7, 11) is -1.89. The molecule has 102 valence electrons. The molecule has 2 rings (SSSR count). The van der Waals surface area contributed by atoms with Crippen LogP contribution in [0.4, 0.5) is 5.69 Å². The quantitative estimate of drug-likeness (QED) is 0.936. The Balaban J connectivity index is 2.36. The van der Waals surface area contributed by atoms with E-state index in [4.69, 9.17) is 0 Å². The van der Waals surface area contributed by atoms with Crippen molar-refractivity contribution in [3.8, 4) is 0 Å². The first-order chi connectivity index (χ1) is 8.79. The van der Waals surface area contributed by atoms with Crippen LogP contribution in [0.25, 0.3) is 0 Å². The third kappa shape index (κ3) is 2.78. The molecule has 1 heterocycles. The van der Waals surface area contributed by atoms with Crippen molar-refractivity contribution in [1.29, 1.82) is 0 Å². The molecule has 1 N–H and O–H groups in total. The van der Waals surface area contributed by atoms with Gasteiger partial charge in [0.2, 0.25) is 0 Å². The summed E-state index contributed by atoms with van der Waals surface area (Å²) in [6.07, 6.45) is 1.50. The molecule has 2 aromatic rings. The summed E-state index contributed by atoms with van der Waals surface area (Å²) in [5.74, 6) is 0. The maximum atomic E-state index is 12.3. The number of aryl methyl sites for hydroxylation is 4. The van der Waals surface area contributed by atoms with Crippen molar-refractivity contribution in [2.75, 3.05) is 4.72 Å². The van der Waals surface area contributed by atoms with Crippen LogP contribution in [-0.4, -0.2) is 18.2 Å². The van der Waals surface area contributed by atoms with Crippen LogP contribution in [0.3, 0.4) is 0 Å². The van der Waals surface area contributed by atoms with Gasteiger partial charge in [-0.05, 0) is 44.0 Å². The van der Waals surface area contributed by atoms with Crippen LogP contribution in [-0.2, 0) is 17.1 Å². The second kappa shape index (κ2) is 4.70. The predicted octanol–water partition coefficient (Wildman–Crippen LogP) is 2.15. The first-order valence-corrected chi connectivity index (χ1v) is 7.38. The fraction of sp³-hybridized carbons (Fsp3) is 0.308. The van der Waals surface area contributed by atoms with E-state index in [1.54, 1.807) is 20.0 Å². The predicted molar refractivity (Wildman–Crippen MR) is 74.7 cm³/mol. The molecular formula is C13H17N3O2S. The lowest BCUT2D eigenvalue weighted by Gasteiger charge is -2.09. The van der Waals surface area contributed by atoms with Crippen molar-refractivity contribution >= 4 is 15.7 Å². The Hall–Kier alpha value is -1.82. The van der Waals surface area contributed by atoms with E-state index in [2.05, 4.69) is 9.82 Å². The van der Waals surface area contributed by atoms with Crippen molar-refractivity contribution in [2.45, 2.75) is 25.7 Å². The Morgan fingerprint density at radius 1 is 1.16 bits per heavy atom. The Morgan fingerprint density at radius 2 is 1.84 bits per heavy atom. The second-order valence-corrected chi connectivity index (χ2v) is 6.31. The fourth-order valence-electron chi connectivity index (χ4n) is 1.86. The monoisotopic (exact) mass is 279 g/mol. The van der Waals surface area contributed by atoms with Crippen molar-refractivity contribution in [3.63, 3.8) is 0 Å². The van der Waals surface area contributed by atoms with Crippen LogP contribution in [0.5, 0.6) is 0 Å². The molecule has 0 unspecified atom stereocenters. The number of sulfonamides is 1. The van der Waals surface area contributed by atoms with Crippen LogP contribution in [0.1, 0.15) is 16.8 Å². The van der Waals surface area contributed by atoms with Crippen LogP contribution in [0.2, 0.25) is 0 Å². The zero-order valence-corrected chi connectivity index (χ0v) is 12.2. The number of anilines is 1. The standard InChI is InChI=1S/C13H17N3O2S/c1-9-5-6-12(7-10(9)2)15-19(17,18)13-8-16(4)14-11(13)3/h5-8,15H,1-4H3. The second-order valence-electron chi connectivity index (χ2n) is 4.66. The summed E-state index contributed by atoms with van der Waals surface area (Å²) < 4.78 is 28.6.